The summed E-state index contributed by atoms with van der Waals surface area (Å²) >= 11 is 11.6. The van der Waals surface area contributed by atoms with E-state index >= 15 is 0 Å². The highest BCUT2D eigenvalue weighted by atomic mass is 35.5. The number of ketones is 1. The summed E-state index contributed by atoms with van der Waals surface area (Å²) in [6, 6.07) is 8.47. The average molecular weight is 315 g/mol. The molecule has 2 aromatic rings. The zero-order valence-electron chi connectivity index (χ0n) is 10.3. The van der Waals surface area contributed by atoms with Crippen LogP contribution in [-0.2, 0) is 17.6 Å². The summed E-state index contributed by atoms with van der Waals surface area (Å²) in [4.78, 5) is 11.9. The summed E-state index contributed by atoms with van der Waals surface area (Å²) in [7, 11) is 0. The fourth-order valence-corrected chi connectivity index (χ4v) is 2.28. The van der Waals surface area contributed by atoms with Crippen LogP contribution in [0, 0.1) is 11.6 Å². The second-order valence-corrected chi connectivity index (χ2v) is 5.09. The molecule has 2 aromatic carbocycles. The zero-order chi connectivity index (χ0) is 14.7. The summed E-state index contributed by atoms with van der Waals surface area (Å²) in [5.41, 5.74) is 0.524. The molecule has 1 nitrogen and oxygen atoms in total. The van der Waals surface area contributed by atoms with Crippen LogP contribution in [-0.4, -0.2) is 5.78 Å². The fourth-order valence-electron chi connectivity index (χ4n) is 1.86. The van der Waals surface area contributed by atoms with Gasteiger partial charge in [-0.15, -0.1) is 0 Å². The Balaban J connectivity index is 2.16. The SMILES string of the molecule is O=C(Cc1cccc(F)c1Cl)Cc1c(F)cccc1Cl. The number of Topliss-reactive ketones (excluding diaryl/α,β-unsaturated/α-hetero) is 1. The molecule has 0 aliphatic rings. The highest BCUT2D eigenvalue weighted by molar-refractivity contribution is 6.32. The summed E-state index contributed by atoms with van der Waals surface area (Å²) in [6.07, 6.45) is -0.223. The van der Waals surface area contributed by atoms with Crippen LogP contribution >= 0.6 is 23.2 Å². The number of halogens is 4. The van der Waals surface area contributed by atoms with Gasteiger partial charge in [-0.05, 0) is 23.8 Å². The van der Waals surface area contributed by atoms with E-state index in [1.807, 2.05) is 0 Å². The highest BCUT2D eigenvalue weighted by Crippen LogP contribution is 2.23. The predicted molar refractivity (Wildman–Crippen MR) is 75.2 cm³/mol. The standard InChI is InChI=1S/C15H10Cl2F2O/c16-12-4-2-5-13(18)11(12)8-10(20)7-9-3-1-6-14(19)15(9)17/h1-6H,7-8H2. The number of rotatable bonds is 4. The van der Waals surface area contributed by atoms with E-state index in [0.29, 0.717) is 5.56 Å². The minimum Gasteiger partial charge on any atom is -0.299 e. The summed E-state index contributed by atoms with van der Waals surface area (Å²) in [5.74, 6) is -1.40. The maximum Gasteiger partial charge on any atom is 0.142 e. The van der Waals surface area contributed by atoms with Gasteiger partial charge in [-0.1, -0.05) is 41.4 Å². The van der Waals surface area contributed by atoms with E-state index in [1.54, 1.807) is 6.07 Å². The lowest BCUT2D eigenvalue weighted by Gasteiger charge is -2.07. The number of hydrogen-bond donors (Lipinski definition) is 0. The largest absolute Gasteiger partial charge is 0.299 e. The molecule has 0 heterocycles. The Morgan fingerprint density at radius 3 is 2.30 bits per heavy atom. The Hall–Kier alpha value is -1.45. The van der Waals surface area contributed by atoms with Crippen molar-refractivity contribution in [2.45, 2.75) is 12.8 Å². The quantitative estimate of drug-likeness (QED) is 0.804. The van der Waals surface area contributed by atoms with Crippen LogP contribution < -0.4 is 0 Å². The third kappa shape index (κ3) is 3.35. The first-order valence-corrected chi connectivity index (χ1v) is 6.62. The average Bonchev–Trinajstić information content (AvgIpc) is 2.39. The molecule has 20 heavy (non-hydrogen) atoms. The first-order valence-electron chi connectivity index (χ1n) is 5.86. The second-order valence-electron chi connectivity index (χ2n) is 4.31. The minimum absolute atomic E-state index is 0.0682. The molecule has 0 aliphatic carbocycles. The molecule has 0 spiro atoms. The zero-order valence-corrected chi connectivity index (χ0v) is 11.8. The smallest absolute Gasteiger partial charge is 0.142 e. The van der Waals surface area contributed by atoms with E-state index in [2.05, 4.69) is 0 Å². The molecule has 0 atom stereocenters. The Morgan fingerprint density at radius 1 is 0.950 bits per heavy atom. The molecule has 0 unspecified atom stereocenters. The molecule has 0 fully saturated rings. The van der Waals surface area contributed by atoms with Crippen LogP contribution in [0.15, 0.2) is 36.4 Å². The molecule has 104 valence electrons. The third-order valence-electron chi connectivity index (χ3n) is 2.85. The van der Waals surface area contributed by atoms with Gasteiger partial charge in [0.05, 0.1) is 5.02 Å². The maximum absolute atomic E-state index is 13.6. The molecule has 0 radical (unpaired) electrons. The molecule has 0 amide bonds. The van der Waals surface area contributed by atoms with E-state index in [0.717, 1.165) is 0 Å². The minimum atomic E-state index is -0.583. The number of carbonyl (C=O) groups excluding carboxylic acids is 1. The van der Waals surface area contributed by atoms with Crippen LogP contribution in [0.3, 0.4) is 0 Å². The summed E-state index contributed by atoms with van der Waals surface area (Å²) in [6.45, 7) is 0. The molecule has 0 aliphatic heterocycles. The molecule has 0 saturated carbocycles. The van der Waals surface area contributed by atoms with Gasteiger partial charge in [0.15, 0.2) is 0 Å². The Labute approximate surface area is 125 Å². The van der Waals surface area contributed by atoms with Crippen LogP contribution in [0.2, 0.25) is 10.0 Å². The summed E-state index contributed by atoms with van der Waals surface area (Å²) in [5, 5.41) is 0.115. The third-order valence-corrected chi connectivity index (χ3v) is 3.63. The van der Waals surface area contributed by atoms with Gasteiger partial charge in [0.25, 0.3) is 0 Å². The van der Waals surface area contributed by atoms with Crippen molar-refractivity contribution in [1.29, 1.82) is 0 Å². The van der Waals surface area contributed by atoms with Gasteiger partial charge in [0.1, 0.15) is 17.4 Å². The van der Waals surface area contributed by atoms with Gasteiger partial charge in [0.2, 0.25) is 0 Å². The first kappa shape index (κ1) is 14.9. The van der Waals surface area contributed by atoms with Crippen molar-refractivity contribution in [3.05, 3.63) is 69.2 Å². The lowest BCUT2D eigenvalue weighted by atomic mass is 10.0. The van der Waals surface area contributed by atoms with E-state index in [-0.39, 0.29) is 34.2 Å². The van der Waals surface area contributed by atoms with Crippen molar-refractivity contribution >= 4 is 29.0 Å². The van der Waals surface area contributed by atoms with Gasteiger partial charge >= 0.3 is 0 Å². The molecule has 0 aromatic heterocycles. The molecule has 0 saturated heterocycles. The van der Waals surface area contributed by atoms with Gasteiger partial charge < -0.3 is 0 Å². The number of carbonyl (C=O) groups is 1. The molecule has 5 heteroatoms. The van der Waals surface area contributed by atoms with E-state index in [4.69, 9.17) is 23.2 Å². The van der Waals surface area contributed by atoms with Crippen molar-refractivity contribution in [2.75, 3.05) is 0 Å². The lowest BCUT2D eigenvalue weighted by Crippen LogP contribution is -2.09. The van der Waals surface area contributed by atoms with Crippen LogP contribution in [0.1, 0.15) is 11.1 Å². The highest BCUT2D eigenvalue weighted by Gasteiger charge is 2.14. The molecule has 0 bridgehead atoms. The molecular formula is C15H10Cl2F2O. The number of hydrogen-bond acceptors (Lipinski definition) is 1. The fraction of sp³-hybridized carbons (Fsp3) is 0.133. The summed E-state index contributed by atoms with van der Waals surface area (Å²) < 4.78 is 26.8. The first-order chi connectivity index (χ1) is 9.49. The van der Waals surface area contributed by atoms with Crippen molar-refractivity contribution in [1.82, 2.24) is 0 Å². The van der Waals surface area contributed by atoms with Crippen molar-refractivity contribution in [3.63, 3.8) is 0 Å². The second kappa shape index (κ2) is 6.33. The molecule has 0 N–H and O–H groups in total. The van der Waals surface area contributed by atoms with Gasteiger partial charge in [0, 0.05) is 23.4 Å². The van der Waals surface area contributed by atoms with Gasteiger partial charge in [-0.2, -0.15) is 0 Å². The van der Waals surface area contributed by atoms with Crippen LogP contribution in [0.5, 0.6) is 0 Å². The molecular weight excluding hydrogens is 305 g/mol. The van der Waals surface area contributed by atoms with Crippen molar-refractivity contribution in [2.24, 2.45) is 0 Å². The Kier molecular flexibility index (Phi) is 4.73. The van der Waals surface area contributed by atoms with Crippen molar-refractivity contribution < 1.29 is 13.6 Å². The Bertz CT molecular complexity index is 636. The van der Waals surface area contributed by atoms with E-state index < -0.39 is 11.6 Å². The normalized spacial score (nSPS) is 10.6. The van der Waals surface area contributed by atoms with Crippen LogP contribution in [0.4, 0.5) is 8.78 Å². The monoisotopic (exact) mass is 314 g/mol. The predicted octanol–water partition coefficient (Wildman–Crippen LogP) is 4.63. The maximum atomic E-state index is 13.6. The molecule has 2 rings (SSSR count). The van der Waals surface area contributed by atoms with Gasteiger partial charge in [-0.3, -0.25) is 4.79 Å². The number of benzene rings is 2. The van der Waals surface area contributed by atoms with Gasteiger partial charge in [-0.25, -0.2) is 8.78 Å². The Morgan fingerprint density at radius 2 is 1.60 bits per heavy atom. The van der Waals surface area contributed by atoms with Crippen LogP contribution in [0.25, 0.3) is 0 Å². The van der Waals surface area contributed by atoms with E-state index in [1.165, 1.54) is 30.3 Å². The van der Waals surface area contributed by atoms with Crippen molar-refractivity contribution in [3.8, 4) is 0 Å². The lowest BCUT2D eigenvalue weighted by molar-refractivity contribution is -0.117. The topological polar surface area (TPSA) is 17.1 Å². The van der Waals surface area contributed by atoms with E-state index in [9.17, 15) is 13.6 Å².